The minimum Gasteiger partial charge on any atom is -0.207 e. The summed E-state index contributed by atoms with van der Waals surface area (Å²) >= 11 is 0. The summed E-state index contributed by atoms with van der Waals surface area (Å²) in [5, 5.41) is 0. The number of hydrogen-bond donors (Lipinski definition) is 0. The Balaban J connectivity index is 2.18. The average molecular weight is 150 g/mol. The fourth-order valence-corrected chi connectivity index (χ4v) is 1.92. The highest BCUT2D eigenvalue weighted by Gasteiger charge is 2.48. The molecule has 2 aliphatic rings. The molecular weight excluding hydrogens is 139 g/mol. The summed E-state index contributed by atoms with van der Waals surface area (Å²) in [6.45, 7) is 5.90. The van der Waals surface area contributed by atoms with Crippen molar-refractivity contribution in [2.75, 3.05) is 0 Å². The molecule has 58 valence electrons. The lowest BCUT2D eigenvalue weighted by Gasteiger charge is -1.92. The highest BCUT2D eigenvalue weighted by Crippen LogP contribution is 2.54. The summed E-state index contributed by atoms with van der Waals surface area (Å²) in [4.78, 5) is 0. The normalized spacial score (nSPS) is 39.5. The second-order valence-corrected chi connectivity index (χ2v) is 3.44. The van der Waals surface area contributed by atoms with Crippen LogP contribution in [0.25, 0.3) is 0 Å². The second kappa shape index (κ2) is 2.07. The van der Waals surface area contributed by atoms with Crippen LogP contribution >= 0.6 is 0 Å². The molecule has 0 aromatic carbocycles. The molecule has 1 heteroatoms. The fourth-order valence-electron chi connectivity index (χ4n) is 1.92. The second-order valence-electron chi connectivity index (χ2n) is 3.44. The van der Waals surface area contributed by atoms with E-state index in [-0.39, 0.29) is 5.83 Å². The smallest absolute Gasteiger partial charge is 0.119 e. The standard InChI is InChI=1S/C10H11F/c1-6(2)10-8-4-3-7(11)5-9(8)10/h3-5,8-10H,1H2,2H3. The number of hydrogen-bond acceptors (Lipinski definition) is 0. The molecule has 1 fully saturated rings. The van der Waals surface area contributed by atoms with Crippen LogP contribution in [0.4, 0.5) is 4.39 Å². The average Bonchev–Trinajstić information content (AvgIpc) is 2.60. The van der Waals surface area contributed by atoms with Crippen LogP contribution in [0.5, 0.6) is 0 Å². The van der Waals surface area contributed by atoms with Crippen molar-refractivity contribution >= 4 is 0 Å². The SMILES string of the molecule is C=C(C)C1C2C=CC(F)=CC21. The first-order valence-electron chi connectivity index (χ1n) is 3.91. The lowest BCUT2D eigenvalue weighted by molar-refractivity contribution is 0.648. The third kappa shape index (κ3) is 0.953. The van der Waals surface area contributed by atoms with Gasteiger partial charge in [-0.2, -0.15) is 0 Å². The van der Waals surface area contributed by atoms with Crippen molar-refractivity contribution in [1.29, 1.82) is 0 Å². The quantitative estimate of drug-likeness (QED) is 0.504. The predicted octanol–water partition coefficient (Wildman–Crippen LogP) is 2.85. The number of allylic oxidation sites excluding steroid dienone is 5. The largest absolute Gasteiger partial charge is 0.207 e. The zero-order chi connectivity index (χ0) is 8.01. The van der Waals surface area contributed by atoms with E-state index in [4.69, 9.17) is 0 Å². The molecule has 3 atom stereocenters. The molecule has 0 heterocycles. The van der Waals surface area contributed by atoms with Gasteiger partial charge in [0.15, 0.2) is 0 Å². The van der Waals surface area contributed by atoms with E-state index in [0.29, 0.717) is 17.8 Å². The minimum absolute atomic E-state index is 0.0880. The monoisotopic (exact) mass is 150 g/mol. The first-order valence-corrected chi connectivity index (χ1v) is 3.91. The van der Waals surface area contributed by atoms with Crippen molar-refractivity contribution in [2.24, 2.45) is 17.8 Å². The van der Waals surface area contributed by atoms with Crippen LogP contribution in [-0.4, -0.2) is 0 Å². The van der Waals surface area contributed by atoms with Gasteiger partial charge in [0.2, 0.25) is 0 Å². The van der Waals surface area contributed by atoms with Crippen molar-refractivity contribution in [3.8, 4) is 0 Å². The molecule has 0 saturated heterocycles. The Labute approximate surface area is 66.1 Å². The van der Waals surface area contributed by atoms with Crippen LogP contribution in [0.15, 0.2) is 36.2 Å². The zero-order valence-corrected chi connectivity index (χ0v) is 6.55. The van der Waals surface area contributed by atoms with E-state index in [1.807, 2.05) is 13.0 Å². The van der Waals surface area contributed by atoms with E-state index in [1.54, 1.807) is 12.2 Å². The molecule has 0 N–H and O–H groups in total. The molecule has 1 saturated carbocycles. The van der Waals surface area contributed by atoms with Gasteiger partial charge in [-0.1, -0.05) is 18.2 Å². The highest BCUT2D eigenvalue weighted by atomic mass is 19.1. The lowest BCUT2D eigenvalue weighted by atomic mass is 10.2. The number of halogens is 1. The maximum Gasteiger partial charge on any atom is 0.119 e. The van der Waals surface area contributed by atoms with Crippen LogP contribution in [0.3, 0.4) is 0 Å². The molecule has 0 nitrogen and oxygen atoms in total. The van der Waals surface area contributed by atoms with Gasteiger partial charge in [0.1, 0.15) is 5.83 Å². The van der Waals surface area contributed by atoms with Crippen molar-refractivity contribution < 1.29 is 4.39 Å². The van der Waals surface area contributed by atoms with Gasteiger partial charge < -0.3 is 0 Å². The van der Waals surface area contributed by atoms with E-state index in [9.17, 15) is 4.39 Å². The molecule has 2 aliphatic carbocycles. The van der Waals surface area contributed by atoms with Crippen LogP contribution in [0.2, 0.25) is 0 Å². The predicted molar refractivity (Wildman–Crippen MR) is 43.6 cm³/mol. The summed E-state index contributed by atoms with van der Waals surface area (Å²) in [6.07, 6.45) is 5.23. The summed E-state index contributed by atoms with van der Waals surface area (Å²) in [7, 11) is 0. The molecule has 0 amide bonds. The molecule has 3 unspecified atom stereocenters. The van der Waals surface area contributed by atoms with Gasteiger partial charge in [-0.3, -0.25) is 0 Å². The Morgan fingerprint density at radius 3 is 2.82 bits per heavy atom. The van der Waals surface area contributed by atoms with Crippen molar-refractivity contribution in [3.63, 3.8) is 0 Å². The Hall–Kier alpha value is -0.850. The van der Waals surface area contributed by atoms with E-state index < -0.39 is 0 Å². The van der Waals surface area contributed by atoms with Crippen LogP contribution in [0, 0.1) is 17.8 Å². The Kier molecular flexibility index (Phi) is 1.28. The van der Waals surface area contributed by atoms with Gasteiger partial charge in [0, 0.05) is 0 Å². The van der Waals surface area contributed by atoms with Crippen molar-refractivity contribution in [2.45, 2.75) is 6.92 Å². The molecule has 0 spiro atoms. The highest BCUT2D eigenvalue weighted by molar-refractivity contribution is 5.33. The van der Waals surface area contributed by atoms with Gasteiger partial charge >= 0.3 is 0 Å². The maximum atomic E-state index is 12.6. The molecular formula is C10H11F. The van der Waals surface area contributed by atoms with E-state index in [0.717, 1.165) is 0 Å². The summed E-state index contributed by atoms with van der Waals surface area (Å²) < 4.78 is 12.6. The van der Waals surface area contributed by atoms with Crippen LogP contribution < -0.4 is 0 Å². The van der Waals surface area contributed by atoms with Gasteiger partial charge in [0.05, 0.1) is 0 Å². The molecule has 0 bridgehead atoms. The Morgan fingerprint density at radius 2 is 2.27 bits per heavy atom. The van der Waals surface area contributed by atoms with Gasteiger partial charge in [0.25, 0.3) is 0 Å². The summed E-state index contributed by atoms with van der Waals surface area (Å²) in [6, 6.07) is 0. The van der Waals surface area contributed by atoms with E-state index >= 15 is 0 Å². The third-order valence-corrected chi connectivity index (χ3v) is 2.53. The Bertz CT molecular complexity index is 260. The van der Waals surface area contributed by atoms with Gasteiger partial charge in [-0.05, 0) is 36.8 Å². The van der Waals surface area contributed by atoms with Gasteiger partial charge in [-0.15, -0.1) is 0 Å². The maximum absolute atomic E-state index is 12.6. The topological polar surface area (TPSA) is 0 Å². The molecule has 0 aliphatic heterocycles. The number of rotatable bonds is 1. The van der Waals surface area contributed by atoms with Gasteiger partial charge in [-0.25, -0.2) is 4.39 Å². The summed E-state index contributed by atoms with van der Waals surface area (Å²) in [5.41, 5.74) is 1.18. The molecule has 0 radical (unpaired) electrons. The van der Waals surface area contributed by atoms with E-state index in [2.05, 4.69) is 6.58 Å². The minimum atomic E-state index is -0.0880. The van der Waals surface area contributed by atoms with Crippen LogP contribution in [-0.2, 0) is 0 Å². The van der Waals surface area contributed by atoms with Crippen molar-refractivity contribution in [1.82, 2.24) is 0 Å². The first-order chi connectivity index (χ1) is 5.20. The lowest BCUT2D eigenvalue weighted by Crippen LogP contribution is -1.80. The molecule has 0 aromatic rings. The zero-order valence-electron chi connectivity index (χ0n) is 6.55. The number of fused-ring (bicyclic) bond motifs is 1. The van der Waals surface area contributed by atoms with E-state index in [1.165, 1.54) is 5.57 Å². The summed E-state index contributed by atoms with van der Waals surface area (Å²) in [5.74, 6) is 1.39. The fraction of sp³-hybridized carbons (Fsp3) is 0.400. The molecule has 2 rings (SSSR count). The van der Waals surface area contributed by atoms with Crippen molar-refractivity contribution in [3.05, 3.63) is 36.2 Å². The molecule has 11 heavy (non-hydrogen) atoms. The molecule has 0 aromatic heterocycles. The first kappa shape index (κ1) is 6.84. The Morgan fingerprint density at radius 1 is 1.55 bits per heavy atom. The van der Waals surface area contributed by atoms with Crippen LogP contribution in [0.1, 0.15) is 6.92 Å². The third-order valence-electron chi connectivity index (χ3n) is 2.53.